The number of para-hydroxylation sites is 1. The van der Waals surface area contributed by atoms with Crippen LogP contribution in [0.3, 0.4) is 0 Å². The maximum absolute atomic E-state index is 13.7. The first kappa shape index (κ1) is 11.8. The lowest BCUT2D eigenvalue weighted by Gasteiger charge is -2.12. The zero-order chi connectivity index (χ0) is 13.2. The lowest BCUT2D eigenvalue weighted by atomic mass is 10.0. The minimum absolute atomic E-state index is 0.241. The predicted octanol–water partition coefficient (Wildman–Crippen LogP) is 3.46. The quantitative estimate of drug-likeness (QED) is 0.758. The van der Waals surface area contributed by atoms with Crippen LogP contribution < -0.4 is 0 Å². The predicted molar refractivity (Wildman–Crippen MR) is 72.2 cm³/mol. The van der Waals surface area contributed by atoms with E-state index in [0.717, 1.165) is 10.9 Å². The first-order valence-corrected chi connectivity index (χ1v) is 6.04. The minimum Gasteiger partial charge on any atom is -0.382 e. The summed E-state index contributed by atoms with van der Waals surface area (Å²) in [4.78, 5) is 4.38. The number of nitrogens with zero attached hydrogens (tertiary/aromatic N) is 1. The molecule has 2 nitrogen and oxygen atoms in total. The second kappa shape index (κ2) is 4.78. The molecule has 0 amide bonds. The number of aliphatic hydroxyl groups excluding tert-OH is 1. The first-order chi connectivity index (χ1) is 9.25. The smallest absolute Gasteiger partial charge is 0.129 e. The average Bonchev–Trinajstić information content (AvgIpc) is 2.46. The third-order valence-electron chi connectivity index (χ3n) is 3.10. The number of halogens is 1. The topological polar surface area (TPSA) is 33.1 Å². The third kappa shape index (κ3) is 2.20. The van der Waals surface area contributed by atoms with Crippen molar-refractivity contribution in [2.24, 2.45) is 0 Å². The van der Waals surface area contributed by atoms with Crippen molar-refractivity contribution in [1.82, 2.24) is 4.98 Å². The average molecular weight is 253 g/mol. The summed E-state index contributed by atoms with van der Waals surface area (Å²) in [6.07, 6.45) is -1.05. The van der Waals surface area contributed by atoms with Gasteiger partial charge in [-0.05, 0) is 18.2 Å². The van der Waals surface area contributed by atoms with E-state index < -0.39 is 11.9 Å². The Morgan fingerprint density at radius 2 is 1.63 bits per heavy atom. The molecule has 94 valence electrons. The largest absolute Gasteiger partial charge is 0.382 e. The van der Waals surface area contributed by atoms with Crippen molar-refractivity contribution in [1.29, 1.82) is 0 Å². The van der Waals surface area contributed by atoms with Gasteiger partial charge in [0.25, 0.3) is 0 Å². The summed E-state index contributed by atoms with van der Waals surface area (Å²) in [5, 5.41) is 11.2. The molecular weight excluding hydrogens is 241 g/mol. The summed E-state index contributed by atoms with van der Waals surface area (Å²) < 4.78 is 13.7. The normalized spacial score (nSPS) is 12.5. The second-order valence-corrected chi connectivity index (χ2v) is 4.35. The van der Waals surface area contributed by atoms with Gasteiger partial charge in [-0.2, -0.15) is 0 Å². The molecule has 0 spiro atoms. The summed E-state index contributed by atoms with van der Waals surface area (Å²) in [7, 11) is 0. The third-order valence-corrected chi connectivity index (χ3v) is 3.10. The van der Waals surface area contributed by atoms with E-state index in [1.807, 2.05) is 30.3 Å². The number of aromatic nitrogens is 1. The molecule has 0 aliphatic rings. The van der Waals surface area contributed by atoms with E-state index in [4.69, 9.17) is 0 Å². The molecule has 0 bridgehead atoms. The molecular formula is C16H12FNO. The number of pyridine rings is 1. The van der Waals surface area contributed by atoms with Crippen molar-refractivity contribution >= 4 is 10.9 Å². The molecule has 0 fully saturated rings. The number of benzene rings is 2. The lowest BCUT2D eigenvalue weighted by Crippen LogP contribution is -2.04. The molecule has 0 aliphatic carbocycles. The van der Waals surface area contributed by atoms with E-state index in [2.05, 4.69) is 4.98 Å². The summed E-state index contributed by atoms with van der Waals surface area (Å²) in [5.74, 6) is -0.426. The molecule has 3 aromatic rings. The van der Waals surface area contributed by atoms with E-state index in [1.165, 1.54) is 6.07 Å². The second-order valence-electron chi connectivity index (χ2n) is 4.35. The molecule has 0 aliphatic heterocycles. The fourth-order valence-corrected chi connectivity index (χ4v) is 2.09. The fraction of sp³-hybridized carbons (Fsp3) is 0.0625. The molecule has 0 radical (unpaired) electrons. The van der Waals surface area contributed by atoms with Crippen LogP contribution in [0.5, 0.6) is 0 Å². The highest BCUT2D eigenvalue weighted by atomic mass is 19.1. The highest BCUT2D eigenvalue weighted by molar-refractivity contribution is 5.78. The number of hydrogen-bond acceptors (Lipinski definition) is 2. The van der Waals surface area contributed by atoms with Crippen molar-refractivity contribution in [2.45, 2.75) is 6.10 Å². The van der Waals surface area contributed by atoms with Gasteiger partial charge in [0.05, 0.1) is 11.2 Å². The molecule has 0 saturated carbocycles. The van der Waals surface area contributed by atoms with E-state index >= 15 is 0 Å². The number of aliphatic hydroxyl groups is 1. The van der Waals surface area contributed by atoms with Gasteiger partial charge in [0, 0.05) is 10.9 Å². The maximum atomic E-state index is 13.7. The first-order valence-electron chi connectivity index (χ1n) is 6.04. The van der Waals surface area contributed by atoms with Gasteiger partial charge in [-0.25, -0.2) is 9.37 Å². The Kier molecular flexibility index (Phi) is 2.97. The van der Waals surface area contributed by atoms with Crippen molar-refractivity contribution in [3.63, 3.8) is 0 Å². The lowest BCUT2D eigenvalue weighted by molar-refractivity contribution is 0.210. The number of fused-ring (bicyclic) bond motifs is 1. The fourth-order valence-electron chi connectivity index (χ4n) is 2.09. The van der Waals surface area contributed by atoms with Crippen molar-refractivity contribution in [3.8, 4) is 0 Å². The van der Waals surface area contributed by atoms with Gasteiger partial charge in [0.2, 0.25) is 0 Å². The highest BCUT2D eigenvalue weighted by Crippen LogP contribution is 2.24. The van der Waals surface area contributed by atoms with E-state index in [9.17, 15) is 9.50 Å². The van der Waals surface area contributed by atoms with Crippen LogP contribution in [0.4, 0.5) is 4.39 Å². The van der Waals surface area contributed by atoms with Crippen LogP contribution in [0.25, 0.3) is 10.9 Å². The summed E-state index contributed by atoms with van der Waals surface area (Å²) in [6.45, 7) is 0. The Bertz CT molecular complexity index is 727. The number of hydrogen-bond donors (Lipinski definition) is 1. The number of rotatable bonds is 2. The van der Waals surface area contributed by atoms with Gasteiger partial charge in [-0.3, -0.25) is 0 Å². The van der Waals surface area contributed by atoms with Crippen LogP contribution in [0, 0.1) is 5.82 Å². The van der Waals surface area contributed by atoms with Crippen LogP contribution >= 0.6 is 0 Å². The van der Waals surface area contributed by atoms with Gasteiger partial charge in [0.1, 0.15) is 11.9 Å². The molecule has 0 saturated heterocycles. The molecule has 1 atom stereocenters. The van der Waals surface area contributed by atoms with Gasteiger partial charge in [0.15, 0.2) is 0 Å². The molecule has 1 N–H and O–H groups in total. The molecule has 19 heavy (non-hydrogen) atoms. The SMILES string of the molecule is O[C@@H](c1ccc2ccccc2n1)c1ccccc1F. The Hall–Kier alpha value is -2.26. The molecule has 2 aromatic carbocycles. The van der Waals surface area contributed by atoms with Crippen LogP contribution in [0.2, 0.25) is 0 Å². The Morgan fingerprint density at radius 1 is 0.895 bits per heavy atom. The van der Waals surface area contributed by atoms with Crippen LogP contribution in [-0.4, -0.2) is 10.1 Å². The van der Waals surface area contributed by atoms with Gasteiger partial charge >= 0.3 is 0 Å². The van der Waals surface area contributed by atoms with E-state index in [0.29, 0.717) is 5.69 Å². The van der Waals surface area contributed by atoms with Crippen molar-refractivity contribution < 1.29 is 9.50 Å². The van der Waals surface area contributed by atoms with Crippen molar-refractivity contribution in [2.75, 3.05) is 0 Å². The highest BCUT2D eigenvalue weighted by Gasteiger charge is 2.15. The van der Waals surface area contributed by atoms with Crippen molar-refractivity contribution in [3.05, 3.63) is 77.7 Å². The molecule has 3 heteroatoms. The monoisotopic (exact) mass is 253 g/mol. The minimum atomic E-state index is -1.05. The van der Waals surface area contributed by atoms with E-state index in [-0.39, 0.29) is 5.56 Å². The van der Waals surface area contributed by atoms with Gasteiger partial charge < -0.3 is 5.11 Å². The summed E-state index contributed by atoms with van der Waals surface area (Å²) >= 11 is 0. The molecule has 3 rings (SSSR count). The summed E-state index contributed by atoms with van der Waals surface area (Å²) in [5.41, 5.74) is 1.48. The molecule has 1 aromatic heterocycles. The van der Waals surface area contributed by atoms with Crippen LogP contribution in [-0.2, 0) is 0 Å². The standard InChI is InChI=1S/C16H12FNO/c17-13-7-3-2-6-12(13)16(19)15-10-9-11-5-1-4-8-14(11)18-15/h1-10,16,19H/t16-/m1/s1. The Balaban J connectivity index is 2.07. The zero-order valence-electron chi connectivity index (χ0n) is 10.1. The molecule has 1 heterocycles. The summed E-state index contributed by atoms with van der Waals surface area (Å²) in [6, 6.07) is 17.4. The van der Waals surface area contributed by atoms with Gasteiger partial charge in [-0.1, -0.05) is 42.5 Å². The maximum Gasteiger partial charge on any atom is 0.129 e. The van der Waals surface area contributed by atoms with Crippen LogP contribution in [0.1, 0.15) is 17.4 Å². The van der Waals surface area contributed by atoms with Gasteiger partial charge in [-0.15, -0.1) is 0 Å². The van der Waals surface area contributed by atoms with E-state index in [1.54, 1.807) is 24.3 Å². The molecule has 0 unspecified atom stereocenters. The Labute approximate surface area is 110 Å². The van der Waals surface area contributed by atoms with Crippen LogP contribution in [0.15, 0.2) is 60.7 Å². The Morgan fingerprint density at radius 3 is 2.47 bits per heavy atom. The zero-order valence-corrected chi connectivity index (χ0v) is 10.1.